The number of benzene rings is 1. The van der Waals surface area contributed by atoms with Crippen molar-refractivity contribution in [2.24, 2.45) is 0 Å². The average molecular weight is 320 g/mol. The van der Waals surface area contributed by atoms with E-state index in [0.717, 1.165) is 0 Å². The van der Waals surface area contributed by atoms with Gasteiger partial charge in [-0.2, -0.15) is 0 Å². The highest BCUT2D eigenvalue weighted by atomic mass is 16.6. The lowest BCUT2D eigenvalue weighted by molar-refractivity contribution is -0.384. The molecule has 122 valence electrons. The van der Waals surface area contributed by atoms with Crippen LogP contribution in [0.2, 0.25) is 0 Å². The van der Waals surface area contributed by atoms with Gasteiger partial charge in [0.2, 0.25) is 5.95 Å². The van der Waals surface area contributed by atoms with Crippen LogP contribution < -0.4 is 10.9 Å². The number of aliphatic carboxylic acids is 1. The molecule has 0 saturated carbocycles. The van der Waals surface area contributed by atoms with Gasteiger partial charge in [-0.25, -0.2) is 4.98 Å². The first kappa shape index (κ1) is 16.4. The molecule has 0 saturated heterocycles. The quantitative estimate of drug-likeness (QED) is 0.545. The topological polar surface area (TPSA) is 138 Å². The molecule has 0 spiro atoms. The molecule has 9 heteroatoms. The van der Waals surface area contributed by atoms with E-state index in [-0.39, 0.29) is 23.4 Å². The van der Waals surface area contributed by atoms with Crippen molar-refractivity contribution in [1.29, 1.82) is 0 Å². The van der Waals surface area contributed by atoms with Crippen molar-refractivity contribution in [2.45, 2.75) is 32.2 Å². The van der Waals surface area contributed by atoms with Gasteiger partial charge in [0.05, 0.1) is 15.8 Å². The minimum absolute atomic E-state index is 0.0238. The number of nitrogens with one attached hydrogen (secondary N) is 2. The molecule has 0 aliphatic carbocycles. The number of nitro groups is 1. The van der Waals surface area contributed by atoms with Gasteiger partial charge in [-0.05, 0) is 26.3 Å². The summed E-state index contributed by atoms with van der Waals surface area (Å²) in [6.45, 7) is 3.58. The zero-order valence-corrected chi connectivity index (χ0v) is 12.6. The second kappa shape index (κ2) is 6.03. The third kappa shape index (κ3) is 4.02. The smallest absolute Gasteiger partial charge is 0.303 e. The van der Waals surface area contributed by atoms with Gasteiger partial charge < -0.3 is 10.4 Å². The first-order valence-electron chi connectivity index (χ1n) is 6.86. The maximum Gasteiger partial charge on any atom is 0.303 e. The standard InChI is InChI=1S/C14H16N4O5/c1-14(2,6-5-11(19)20)17-13-15-10-4-3-8(18(22)23)7-9(10)12(21)16-13/h3-4,7H,5-6H2,1-2H3,(H,19,20)(H2,15,16,17,21). The first-order valence-corrected chi connectivity index (χ1v) is 6.86. The highest BCUT2D eigenvalue weighted by molar-refractivity contribution is 5.81. The van der Waals surface area contributed by atoms with Gasteiger partial charge in [-0.15, -0.1) is 0 Å². The van der Waals surface area contributed by atoms with Gasteiger partial charge in [-0.3, -0.25) is 24.7 Å². The lowest BCUT2D eigenvalue weighted by Gasteiger charge is -2.25. The Morgan fingerprint density at radius 1 is 1.48 bits per heavy atom. The maximum absolute atomic E-state index is 12.1. The Hall–Kier alpha value is -2.97. The fraction of sp³-hybridized carbons (Fsp3) is 0.357. The number of carboxylic acid groups (broad SMARTS) is 1. The molecule has 1 aromatic carbocycles. The number of non-ortho nitro benzene ring substituents is 1. The molecule has 3 N–H and O–H groups in total. The van der Waals surface area contributed by atoms with Crippen LogP contribution >= 0.6 is 0 Å². The van der Waals surface area contributed by atoms with E-state index < -0.39 is 22.0 Å². The number of carboxylic acids is 1. The van der Waals surface area contributed by atoms with E-state index >= 15 is 0 Å². The van der Waals surface area contributed by atoms with Gasteiger partial charge in [0.15, 0.2) is 0 Å². The van der Waals surface area contributed by atoms with Gasteiger partial charge in [0.25, 0.3) is 11.2 Å². The van der Waals surface area contributed by atoms with Crippen LogP contribution in [0, 0.1) is 10.1 Å². The summed E-state index contributed by atoms with van der Waals surface area (Å²) in [4.78, 5) is 39.6. The van der Waals surface area contributed by atoms with Crippen molar-refractivity contribution in [3.05, 3.63) is 38.7 Å². The number of fused-ring (bicyclic) bond motifs is 1. The Kier molecular flexibility index (Phi) is 4.30. The summed E-state index contributed by atoms with van der Waals surface area (Å²) in [5.74, 6) is -0.723. The average Bonchev–Trinajstić information content (AvgIpc) is 2.44. The van der Waals surface area contributed by atoms with E-state index in [2.05, 4.69) is 15.3 Å². The Morgan fingerprint density at radius 2 is 2.17 bits per heavy atom. The maximum atomic E-state index is 12.1. The molecule has 0 aliphatic heterocycles. The minimum Gasteiger partial charge on any atom is -0.481 e. The summed E-state index contributed by atoms with van der Waals surface area (Å²) < 4.78 is 0. The van der Waals surface area contributed by atoms with E-state index in [1.807, 2.05) is 0 Å². The Morgan fingerprint density at radius 3 is 2.78 bits per heavy atom. The zero-order valence-electron chi connectivity index (χ0n) is 12.6. The molecule has 1 aromatic heterocycles. The molecule has 0 unspecified atom stereocenters. The van der Waals surface area contributed by atoms with E-state index in [9.17, 15) is 19.7 Å². The predicted octanol–water partition coefficient (Wildman–Crippen LogP) is 1.89. The van der Waals surface area contributed by atoms with Crippen LogP contribution in [0.5, 0.6) is 0 Å². The zero-order chi connectivity index (χ0) is 17.2. The molecule has 9 nitrogen and oxygen atoms in total. The van der Waals surface area contributed by atoms with Crippen molar-refractivity contribution in [2.75, 3.05) is 5.32 Å². The lowest BCUT2D eigenvalue weighted by atomic mass is 9.99. The van der Waals surface area contributed by atoms with Crippen LogP contribution in [0.4, 0.5) is 11.6 Å². The number of rotatable bonds is 6. The Balaban J connectivity index is 2.33. The summed E-state index contributed by atoms with van der Waals surface area (Å²) in [7, 11) is 0. The molecule has 0 fully saturated rings. The van der Waals surface area contributed by atoms with Crippen LogP contribution in [0.1, 0.15) is 26.7 Å². The van der Waals surface area contributed by atoms with Gasteiger partial charge in [0.1, 0.15) is 0 Å². The van der Waals surface area contributed by atoms with Crippen molar-refractivity contribution < 1.29 is 14.8 Å². The van der Waals surface area contributed by atoms with E-state index in [4.69, 9.17) is 5.11 Å². The fourth-order valence-electron chi connectivity index (χ4n) is 2.10. The number of nitro benzene ring substituents is 1. The van der Waals surface area contributed by atoms with Gasteiger partial charge in [-0.1, -0.05) is 0 Å². The molecule has 23 heavy (non-hydrogen) atoms. The van der Waals surface area contributed by atoms with Crippen LogP contribution in [0.3, 0.4) is 0 Å². The molecule has 2 aromatic rings. The number of aromatic amines is 1. The lowest BCUT2D eigenvalue weighted by Crippen LogP contribution is -2.33. The molecule has 1 heterocycles. The van der Waals surface area contributed by atoms with Crippen LogP contribution in [-0.2, 0) is 4.79 Å². The molecule has 0 radical (unpaired) electrons. The van der Waals surface area contributed by atoms with E-state index in [0.29, 0.717) is 11.9 Å². The molecule has 0 atom stereocenters. The summed E-state index contributed by atoms with van der Waals surface area (Å²) in [6.07, 6.45) is 0.314. The molecule has 2 rings (SSSR count). The summed E-state index contributed by atoms with van der Waals surface area (Å²) in [5, 5.41) is 22.6. The van der Waals surface area contributed by atoms with Crippen molar-refractivity contribution >= 4 is 28.5 Å². The normalized spacial score (nSPS) is 11.4. The molecule has 0 amide bonds. The monoisotopic (exact) mass is 320 g/mol. The van der Waals surface area contributed by atoms with Crippen LogP contribution in [0.15, 0.2) is 23.0 Å². The summed E-state index contributed by atoms with van der Waals surface area (Å²) in [5.41, 5.74) is -0.971. The molecular weight excluding hydrogens is 304 g/mol. The molecular formula is C14H16N4O5. The van der Waals surface area contributed by atoms with Crippen LogP contribution in [-0.4, -0.2) is 31.5 Å². The van der Waals surface area contributed by atoms with E-state index in [1.54, 1.807) is 13.8 Å². The highest BCUT2D eigenvalue weighted by Crippen LogP contribution is 2.20. The summed E-state index contributed by atoms with van der Waals surface area (Å²) in [6, 6.07) is 3.84. The number of hydrogen-bond donors (Lipinski definition) is 3. The Bertz CT molecular complexity index is 828. The van der Waals surface area contributed by atoms with Crippen molar-refractivity contribution in [3.8, 4) is 0 Å². The second-order valence-corrected chi connectivity index (χ2v) is 5.78. The summed E-state index contributed by atoms with van der Waals surface area (Å²) >= 11 is 0. The SMILES string of the molecule is CC(C)(CCC(=O)O)Nc1nc2ccc([N+](=O)[O-])cc2c(=O)[nH]1. The predicted molar refractivity (Wildman–Crippen MR) is 83.6 cm³/mol. The van der Waals surface area contributed by atoms with Crippen molar-refractivity contribution in [3.63, 3.8) is 0 Å². The molecule has 0 aliphatic rings. The third-order valence-electron chi connectivity index (χ3n) is 3.32. The third-order valence-corrected chi connectivity index (χ3v) is 3.32. The number of anilines is 1. The number of aromatic nitrogens is 2. The van der Waals surface area contributed by atoms with E-state index in [1.165, 1.54) is 18.2 Å². The second-order valence-electron chi connectivity index (χ2n) is 5.78. The number of hydrogen-bond acceptors (Lipinski definition) is 6. The van der Waals surface area contributed by atoms with Crippen LogP contribution in [0.25, 0.3) is 10.9 Å². The minimum atomic E-state index is -0.910. The highest BCUT2D eigenvalue weighted by Gasteiger charge is 2.20. The van der Waals surface area contributed by atoms with Crippen molar-refractivity contribution in [1.82, 2.24) is 9.97 Å². The largest absolute Gasteiger partial charge is 0.481 e. The fourth-order valence-corrected chi connectivity index (χ4v) is 2.10. The Labute approximate surface area is 130 Å². The first-order chi connectivity index (χ1) is 10.7. The molecule has 0 bridgehead atoms. The number of nitrogens with zero attached hydrogens (tertiary/aromatic N) is 2. The number of H-pyrrole nitrogens is 1. The number of carbonyl (C=O) groups is 1. The van der Waals surface area contributed by atoms with Gasteiger partial charge >= 0.3 is 5.97 Å². The van der Waals surface area contributed by atoms with Gasteiger partial charge in [0, 0.05) is 24.1 Å².